The molecule has 2 heterocycles. The average molecular weight is 314 g/mol. The number of fused-ring (bicyclic) bond motifs is 3. The van der Waals surface area contributed by atoms with Crippen LogP contribution in [0.15, 0.2) is 54.7 Å². The summed E-state index contributed by atoms with van der Waals surface area (Å²) in [7, 11) is 0. The van der Waals surface area contributed by atoms with Crippen LogP contribution in [0.1, 0.15) is 21.6 Å². The van der Waals surface area contributed by atoms with Crippen molar-refractivity contribution in [3.05, 3.63) is 77.6 Å². The Morgan fingerprint density at radius 1 is 1.21 bits per heavy atom. The smallest absolute Gasteiger partial charge is 0.249 e. The second-order valence-corrected chi connectivity index (χ2v) is 5.91. The van der Waals surface area contributed by atoms with Gasteiger partial charge in [-0.25, -0.2) is 0 Å². The number of aryl methyl sites for hydroxylation is 1. The number of pyridine rings is 1. The van der Waals surface area contributed by atoms with Crippen molar-refractivity contribution in [2.75, 3.05) is 0 Å². The summed E-state index contributed by atoms with van der Waals surface area (Å²) in [5.74, 6) is -0.425. The van der Waals surface area contributed by atoms with Crippen LogP contribution in [-0.2, 0) is 6.54 Å². The van der Waals surface area contributed by atoms with Gasteiger partial charge in [0.05, 0.1) is 23.3 Å². The summed E-state index contributed by atoms with van der Waals surface area (Å²) < 4.78 is 2.17. The summed E-state index contributed by atoms with van der Waals surface area (Å²) >= 11 is 0. The lowest BCUT2D eigenvalue weighted by atomic mass is 10.1. The Morgan fingerprint density at radius 3 is 2.83 bits per heavy atom. The van der Waals surface area contributed by atoms with Gasteiger partial charge in [-0.15, -0.1) is 0 Å². The first-order valence-electron chi connectivity index (χ1n) is 7.78. The number of amides is 1. The highest BCUT2D eigenvalue weighted by atomic mass is 16.1. The normalized spacial score (nSPS) is 11.2. The zero-order valence-electron chi connectivity index (χ0n) is 13.3. The van der Waals surface area contributed by atoms with E-state index in [0.29, 0.717) is 12.1 Å². The molecule has 0 saturated carbocycles. The average Bonchev–Trinajstić information content (AvgIpc) is 2.89. The monoisotopic (exact) mass is 314 g/mol. The number of carbonyl (C=O) groups excluding carboxylic acids is 1. The van der Waals surface area contributed by atoms with Gasteiger partial charge in [-0.1, -0.05) is 18.2 Å². The maximum atomic E-state index is 11.9. The second kappa shape index (κ2) is 5.49. The first kappa shape index (κ1) is 14.5. The van der Waals surface area contributed by atoms with Gasteiger partial charge in [0.25, 0.3) is 0 Å². The van der Waals surface area contributed by atoms with Gasteiger partial charge in [0.1, 0.15) is 0 Å². The molecule has 0 atom stereocenters. The summed E-state index contributed by atoms with van der Waals surface area (Å²) in [5.41, 5.74) is 10.2. The van der Waals surface area contributed by atoms with Crippen molar-refractivity contribution >= 4 is 27.7 Å². The van der Waals surface area contributed by atoms with Crippen LogP contribution in [0.5, 0.6) is 0 Å². The fourth-order valence-corrected chi connectivity index (χ4v) is 3.19. The number of primary amides is 1. The molecule has 4 aromatic rings. The lowest BCUT2D eigenvalue weighted by Gasteiger charge is -2.07. The molecule has 0 saturated heterocycles. The van der Waals surface area contributed by atoms with E-state index in [2.05, 4.69) is 21.7 Å². The first-order valence-corrected chi connectivity index (χ1v) is 7.78. The highest BCUT2D eigenvalue weighted by molar-refractivity contribution is 6.17. The van der Waals surface area contributed by atoms with Gasteiger partial charge in [0, 0.05) is 22.5 Å². The fraction of sp³-hybridized carbons (Fsp3) is 0.100. The predicted octanol–water partition coefficient (Wildman–Crippen LogP) is 3.45. The van der Waals surface area contributed by atoms with Gasteiger partial charge in [-0.3, -0.25) is 9.78 Å². The molecule has 0 fully saturated rings. The Bertz CT molecular complexity index is 1060. The molecule has 0 aliphatic carbocycles. The molecule has 0 aliphatic heterocycles. The Morgan fingerprint density at radius 2 is 2.08 bits per heavy atom. The van der Waals surface area contributed by atoms with E-state index in [-0.39, 0.29) is 0 Å². The van der Waals surface area contributed by atoms with Crippen LogP contribution in [0, 0.1) is 13.0 Å². The van der Waals surface area contributed by atoms with Crippen molar-refractivity contribution in [2.24, 2.45) is 5.73 Å². The topological polar surface area (TPSA) is 60.9 Å². The maximum absolute atomic E-state index is 11.9. The van der Waals surface area contributed by atoms with Gasteiger partial charge in [0.2, 0.25) is 5.91 Å². The van der Waals surface area contributed by atoms with E-state index in [1.165, 1.54) is 0 Å². The van der Waals surface area contributed by atoms with Crippen LogP contribution in [0.2, 0.25) is 0 Å². The van der Waals surface area contributed by atoms with Crippen LogP contribution < -0.4 is 5.73 Å². The molecule has 2 N–H and O–H groups in total. The van der Waals surface area contributed by atoms with Crippen LogP contribution in [0.4, 0.5) is 0 Å². The second-order valence-electron chi connectivity index (χ2n) is 5.91. The molecule has 4 heteroatoms. The van der Waals surface area contributed by atoms with E-state index >= 15 is 0 Å². The number of aromatic nitrogens is 2. The number of rotatable bonds is 3. The van der Waals surface area contributed by atoms with E-state index in [1.54, 1.807) is 12.3 Å². The van der Waals surface area contributed by atoms with Crippen molar-refractivity contribution in [3.8, 4) is 0 Å². The minimum atomic E-state index is -0.425. The molecule has 0 bridgehead atoms. The predicted molar refractivity (Wildman–Crippen MR) is 94.9 cm³/mol. The molecule has 24 heavy (non-hydrogen) atoms. The number of hydrogen-bond donors (Lipinski definition) is 1. The molecule has 1 radical (unpaired) electrons. The Kier molecular flexibility index (Phi) is 3.31. The van der Waals surface area contributed by atoms with Crippen molar-refractivity contribution in [1.29, 1.82) is 0 Å². The maximum Gasteiger partial charge on any atom is 0.249 e. The summed E-state index contributed by atoms with van der Waals surface area (Å²) in [4.78, 5) is 16.3. The summed E-state index contributed by atoms with van der Waals surface area (Å²) in [5, 5.41) is 1.77. The molecule has 2 aromatic heterocycles. The highest BCUT2D eigenvalue weighted by Crippen LogP contribution is 2.32. The van der Waals surface area contributed by atoms with Crippen molar-refractivity contribution in [1.82, 2.24) is 9.55 Å². The zero-order valence-corrected chi connectivity index (χ0v) is 13.3. The van der Waals surface area contributed by atoms with Crippen molar-refractivity contribution in [2.45, 2.75) is 13.5 Å². The largest absolute Gasteiger partial charge is 0.366 e. The lowest BCUT2D eigenvalue weighted by Crippen LogP contribution is -2.11. The highest BCUT2D eigenvalue weighted by Gasteiger charge is 2.16. The number of nitrogens with zero attached hydrogens (tertiary/aromatic N) is 2. The van der Waals surface area contributed by atoms with Gasteiger partial charge >= 0.3 is 0 Å². The van der Waals surface area contributed by atoms with Crippen LogP contribution >= 0.6 is 0 Å². The van der Waals surface area contributed by atoms with Crippen LogP contribution in [-0.4, -0.2) is 15.5 Å². The third-order valence-corrected chi connectivity index (χ3v) is 4.25. The molecule has 1 amide bonds. The van der Waals surface area contributed by atoms with Crippen molar-refractivity contribution < 1.29 is 4.79 Å². The van der Waals surface area contributed by atoms with Gasteiger partial charge in [0.15, 0.2) is 0 Å². The number of hydrogen-bond acceptors (Lipinski definition) is 2. The number of nitrogens with two attached hydrogens (primary N) is 1. The molecule has 2 aromatic carbocycles. The van der Waals surface area contributed by atoms with E-state index in [0.717, 1.165) is 33.1 Å². The Balaban J connectivity index is 2.08. The third-order valence-electron chi connectivity index (χ3n) is 4.25. The van der Waals surface area contributed by atoms with Gasteiger partial charge < -0.3 is 10.3 Å². The molecular formula is C20H16N3O. The molecule has 0 spiro atoms. The van der Waals surface area contributed by atoms with E-state index in [1.807, 2.05) is 43.3 Å². The Hall–Kier alpha value is -3.14. The fourth-order valence-electron chi connectivity index (χ4n) is 3.19. The molecule has 117 valence electrons. The summed E-state index contributed by atoms with van der Waals surface area (Å²) in [6.07, 6.45) is 1.79. The Labute approximate surface area is 139 Å². The van der Waals surface area contributed by atoms with Crippen LogP contribution in [0.3, 0.4) is 0 Å². The number of carbonyl (C=O) groups is 1. The van der Waals surface area contributed by atoms with Crippen molar-refractivity contribution in [3.63, 3.8) is 0 Å². The van der Waals surface area contributed by atoms with Crippen LogP contribution in [0.25, 0.3) is 21.8 Å². The quantitative estimate of drug-likeness (QED) is 0.629. The third kappa shape index (κ3) is 2.24. The first-order chi connectivity index (χ1) is 11.6. The molecule has 0 unspecified atom stereocenters. The minimum absolute atomic E-state index is 0.425. The molecule has 0 aliphatic rings. The van der Waals surface area contributed by atoms with E-state index in [4.69, 9.17) is 5.73 Å². The summed E-state index contributed by atoms with van der Waals surface area (Å²) in [6.45, 7) is 2.66. The summed E-state index contributed by atoms with van der Waals surface area (Å²) in [6, 6.07) is 18.9. The van der Waals surface area contributed by atoms with E-state index in [9.17, 15) is 4.79 Å². The minimum Gasteiger partial charge on any atom is -0.366 e. The van der Waals surface area contributed by atoms with E-state index < -0.39 is 5.91 Å². The number of benzene rings is 2. The standard InChI is InChI=1S/C20H16N3O/c1-13-8-9-15-18(11-13)23(12-14-5-2-3-10-22-14)17-7-4-6-16(19(15)17)20(21)24/h2-8,10-11H,12H2,1H3,(H2,21,24). The van der Waals surface area contributed by atoms with Gasteiger partial charge in [-0.2, -0.15) is 0 Å². The van der Waals surface area contributed by atoms with Gasteiger partial charge in [-0.05, 0) is 48.9 Å². The zero-order chi connectivity index (χ0) is 16.7. The molecule has 4 rings (SSSR count). The molecule has 4 nitrogen and oxygen atoms in total. The molecular weight excluding hydrogens is 298 g/mol. The SMILES string of the molecule is Cc1c[c]c2c3c(C(N)=O)cccc3n(Cc3ccccn3)c2c1. The lowest BCUT2D eigenvalue weighted by molar-refractivity contribution is 0.100.